The minimum absolute atomic E-state index is 0.0118. The molecule has 1 amide bonds. The van der Waals surface area contributed by atoms with Gasteiger partial charge in [-0.15, -0.1) is 0 Å². The Balaban J connectivity index is 1.57. The number of morpholine rings is 1. The lowest BCUT2D eigenvalue weighted by molar-refractivity contribution is -0.124. The molecular formula is C22H28N2O3. The Morgan fingerprint density at radius 3 is 2.48 bits per heavy atom. The van der Waals surface area contributed by atoms with E-state index in [4.69, 9.17) is 9.47 Å². The van der Waals surface area contributed by atoms with Crippen LogP contribution in [-0.2, 0) is 16.0 Å². The maximum atomic E-state index is 12.5. The number of ether oxygens (including phenoxy) is 2. The van der Waals surface area contributed by atoms with E-state index < -0.39 is 0 Å². The summed E-state index contributed by atoms with van der Waals surface area (Å²) in [5.74, 6) is 0.600. The van der Waals surface area contributed by atoms with Crippen molar-refractivity contribution in [2.75, 3.05) is 39.5 Å². The van der Waals surface area contributed by atoms with Gasteiger partial charge in [0.05, 0.1) is 19.3 Å². The lowest BCUT2D eigenvalue weighted by atomic mass is 10.1. The standard InChI is InChI=1S/C22H28N2O3/c1-2-18-8-10-20(11-9-18)27-17-22(25)23-21(19-6-4-3-5-7-19)16-24-12-14-26-15-13-24/h3-11,21H,2,12-17H2,1H3,(H,23,25). The van der Waals surface area contributed by atoms with Gasteiger partial charge in [0.1, 0.15) is 5.75 Å². The van der Waals surface area contributed by atoms with Crippen molar-refractivity contribution in [3.05, 3.63) is 65.7 Å². The summed E-state index contributed by atoms with van der Waals surface area (Å²) in [5.41, 5.74) is 2.35. The molecule has 1 aliphatic rings. The van der Waals surface area contributed by atoms with Gasteiger partial charge >= 0.3 is 0 Å². The lowest BCUT2D eigenvalue weighted by Gasteiger charge is -2.31. The fourth-order valence-corrected chi connectivity index (χ4v) is 3.17. The first-order valence-corrected chi connectivity index (χ1v) is 9.60. The second-order valence-electron chi connectivity index (χ2n) is 6.73. The number of hydrogen-bond acceptors (Lipinski definition) is 4. The van der Waals surface area contributed by atoms with Crippen LogP contribution in [0.2, 0.25) is 0 Å². The van der Waals surface area contributed by atoms with Crippen LogP contribution in [0.1, 0.15) is 24.1 Å². The molecule has 2 aromatic rings. The summed E-state index contributed by atoms with van der Waals surface area (Å²) in [6, 6.07) is 17.9. The highest BCUT2D eigenvalue weighted by Gasteiger charge is 2.20. The zero-order valence-corrected chi connectivity index (χ0v) is 15.9. The first kappa shape index (κ1) is 19.4. The van der Waals surface area contributed by atoms with Crippen LogP contribution in [0.5, 0.6) is 5.75 Å². The van der Waals surface area contributed by atoms with Gasteiger partial charge in [-0.1, -0.05) is 49.4 Å². The summed E-state index contributed by atoms with van der Waals surface area (Å²) in [7, 11) is 0. The number of nitrogens with zero attached hydrogens (tertiary/aromatic N) is 1. The van der Waals surface area contributed by atoms with Crippen molar-refractivity contribution in [3.8, 4) is 5.75 Å². The van der Waals surface area contributed by atoms with Gasteiger partial charge in [-0.3, -0.25) is 9.69 Å². The summed E-state index contributed by atoms with van der Waals surface area (Å²) >= 11 is 0. The minimum Gasteiger partial charge on any atom is -0.484 e. The number of carbonyl (C=O) groups is 1. The summed E-state index contributed by atoms with van der Waals surface area (Å²) in [5, 5.41) is 3.13. The van der Waals surface area contributed by atoms with Crippen LogP contribution in [0.25, 0.3) is 0 Å². The first-order chi connectivity index (χ1) is 13.2. The molecule has 0 spiro atoms. The molecule has 2 aromatic carbocycles. The SMILES string of the molecule is CCc1ccc(OCC(=O)NC(CN2CCOCC2)c2ccccc2)cc1. The highest BCUT2D eigenvalue weighted by atomic mass is 16.5. The molecule has 27 heavy (non-hydrogen) atoms. The number of hydrogen-bond donors (Lipinski definition) is 1. The van der Waals surface area contributed by atoms with Gasteiger partial charge in [0.15, 0.2) is 6.61 Å². The summed E-state index contributed by atoms with van der Waals surface area (Å²) in [6.45, 7) is 6.15. The Morgan fingerprint density at radius 2 is 1.81 bits per heavy atom. The van der Waals surface area contributed by atoms with E-state index in [1.807, 2.05) is 42.5 Å². The van der Waals surface area contributed by atoms with Crippen LogP contribution >= 0.6 is 0 Å². The molecule has 1 N–H and O–H groups in total. The maximum absolute atomic E-state index is 12.5. The van der Waals surface area contributed by atoms with Crippen molar-refractivity contribution < 1.29 is 14.3 Å². The van der Waals surface area contributed by atoms with Crippen LogP contribution in [0.3, 0.4) is 0 Å². The summed E-state index contributed by atoms with van der Waals surface area (Å²) in [6.07, 6.45) is 0.987. The molecule has 1 atom stereocenters. The third-order valence-corrected chi connectivity index (χ3v) is 4.78. The smallest absolute Gasteiger partial charge is 0.258 e. The van der Waals surface area contributed by atoms with Crippen molar-refractivity contribution in [3.63, 3.8) is 0 Å². The van der Waals surface area contributed by atoms with E-state index in [2.05, 4.69) is 29.3 Å². The molecule has 1 aliphatic heterocycles. The van der Waals surface area contributed by atoms with Gasteiger partial charge in [-0.2, -0.15) is 0 Å². The molecule has 0 radical (unpaired) electrons. The Kier molecular flexibility index (Phi) is 7.25. The highest BCUT2D eigenvalue weighted by Crippen LogP contribution is 2.16. The number of rotatable bonds is 8. The van der Waals surface area contributed by atoms with E-state index in [0.29, 0.717) is 5.75 Å². The molecule has 1 heterocycles. The normalized spacial score (nSPS) is 15.9. The zero-order chi connectivity index (χ0) is 18.9. The molecule has 5 nitrogen and oxygen atoms in total. The van der Waals surface area contributed by atoms with Crippen LogP contribution in [0, 0.1) is 0 Å². The van der Waals surface area contributed by atoms with Crippen molar-refractivity contribution in [1.82, 2.24) is 10.2 Å². The molecule has 1 unspecified atom stereocenters. The molecule has 5 heteroatoms. The van der Waals surface area contributed by atoms with Gasteiger partial charge in [0, 0.05) is 19.6 Å². The minimum atomic E-state index is -0.114. The lowest BCUT2D eigenvalue weighted by Crippen LogP contribution is -2.44. The Morgan fingerprint density at radius 1 is 1.11 bits per heavy atom. The number of amides is 1. The molecule has 3 rings (SSSR count). The predicted octanol–water partition coefficient (Wildman–Crippen LogP) is 2.82. The number of aryl methyl sites for hydroxylation is 1. The van der Waals surface area contributed by atoms with Crippen LogP contribution in [-0.4, -0.2) is 50.3 Å². The number of nitrogens with one attached hydrogen (secondary N) is 1. The Bertz CT molecular complexity index is 697. The highest BCUT2D eigenvalue weighted by molar-refractivity contribution is 5.78. The van der Waals surface area contributed by atoms with Gasteiger partial charge < -0.3 is 14.8 Å². The topological polar surface area (TPSA) is 50.8 Å². The molecule has 1 fully saturated rings. The van der Waals surface area contributed by atoms with Crippen LogP contribution in [0.15, 0.2) is 54.6 Å². The van der Waals surface area contributed by atoms with Crippen molar-refractivity contribution >= 4 is 5.91 Å². The largest absolute Gasteiger partial charge is 0.484 e. The van der Waals surface area contributed by atoms with E-state index in [-0.39, 0.29) is 18.6 Å². The van der Waals surface area contributed by atoms with Gasteiger partial charge in [0.2, 0.25) is 0 Å². The van der Waals surface area contributed by atoms with E-state index in [1.165, 1.54) is 5.56 Å². The average molecular weight is 368 g/mol. The van der Waals surface area contributed by atoms with Crippen LogP contribution in [0.4, 0.5) is 0 Å². The third kappa shape index (κ3) is 6.08. The molecule has 0 bridgehead atoms. The molecule has 144 valence electrons. The second-order valence-corrected chi connectivity index (χ2v) is 6.73. The monoisotopic (exact) mass is 368 g/mol. The number of benzene rings is 2. The Labute approximate surface area is 161 Å². The van der Waals surface area contributed by atoms with E-state index >= 15 is 0 Å². The predicted molar refractivity (Wildman–Crippen MR) is 106 cm³/mol. The summed E-state index contributed by atoms with van der Waals surface area (Å²) in [4.78, 5) is 14.8. The number of carbonyl (C=O) groups excluding carboxylic acids is 1. The van der Waals surface area contributed by atoms with Gasteiger partial charge in [-0.05, 0) is 29.7 Å². The van der Waals surface area contributed by atoms with E-state index in [9.17, 15) is 4.79 Å². The fourth-order valence-electron chi connectivity index (χ4n) is 3.17. The van der Waals surface area contributed by atoms with Gasteiger partial charge in [0.25, 0.3) is 5.91 Å². The van der Waals surface area contributed by atoms with E-state index in [1.54, 1.807) is 0 Å². The van der Waals surface area contributed by atoms with Crippen LogP contribution < -0.4 is 10.1 Å². The first-order valence-electron chi connectivity index (χ1n) is 9.60. The molecule has 0 aromatic heterocycles. The maximum Gasteiger partial charge on any atom is 0.258 e. The second kappa shape index (κ2) is 10.1. The quantitative estimate of drug-likeness (QED) is 0.778. The average Bonchev–Trinajstić information content (AvgIpc) is 2.73. The van der Waals surface area contributed by atoms with E-state index in [0.717, 1.165) is 44.8 Å². The third-order valence-electron chi connectivity index (χ3n) is 4.78. The summed E-state index contributed by atoms with van der Waals surface area (Å²) < 4.78 is 11.1. The molecule has 1 saturated heterocycles. The zero-order valence-electron chi connectivity index (χ0n) is 15.9. The van der Waals surface area contributed by atoms with Gasteiger partial charge in [-0.25, -0.2) is 0 Å². The fraction of sp³-hybridized carbons (Fsp3) is 0.409. The van der Waals surface area contributed by atoms with Crippen molar-refractivity contribution in [2.45, 2.75) is 19.4 Å². The van der Waals surface area contributed by atoms with Crippen molar-refractivity contribution in [2.24, 2.45) is 0 Å². The van der Waals surface area contributed by atoms with Crippen molar-refractivity contribution in [1.29, 1.82) is 0 Å². The molecule has 0 aliphatic carbocycles. The molecule has 0 saturated carbocycles. The molecular weight excluding hydrogens is 340 g/mol. The Hall–Kier alpha value is -2.37.